The van der Waals surface area contributed by atoms with Gasteiger partial charge in [-0.15, -0.1) is 6.58 Å². The molecule has 0 amide bonds. The molecule has 1 aromatic carbocycles. The first-order valence-electron chi connectivity index (χ1n) is 6.97. The van der Waals surface area contributed by atoms with Crippen molar-refractivity contribution < 1.29 is 0 Å². The maximum atomic E-state index is 5.70. The summed E-state index contributed by atoms with van der Waals surface area (Å²) in [5.74, 6) is 1.96. The van der Waals surface area contributed by atoms with E-state index in [0.29, 0.717) is 17.9 Å². The van der Waals surface area contributed by atoms with Gasteiger partial charge in [0, 0.05) is 17.6 Å². The Labute approximate surface area is 109 Å². The maximum absolute atomic E-state index is 5.70. The second kappa shape index (κ2) is 4.43. The number of fused-ring (bicyclic) bond motifs is 3. The van der Waals surface area contributed by atoms with Crippen LogP contribution in [-0.2, 0) is 6.42 Å². The van der Waals surface area contributed by atoms with Crippen LogP contribution in [0.2, 0.25) is 0 Å². The highest BCUT2D eigenvalue weighted by Crippen LogP contribution is 2.52. The van der Waals surface area contributed by atoms with Crippen molar-refractivity contribution >= 4 is 5.69 Å². The van der Waals surface area contributed by atoms with Crippen LogP contribution in [0.1, 0.15) is 30.4 Å². The van der Waals surface area contributed by atoms with Crippen LogP contribution in [0.4, 0.5) is 5.69 Å². The van der Waals surface area contributed by atoms with Gasteiger partial charge in [0.25, 0.3) is 0 Å². The summed E-state index contributed by atoms with van der Waals surface area (Å²) in [6.07, 6.45) is 4.36. The fraction of sp³-hybridized carbons (Fsp3) is 0.500. The fourth-order valence-corrected chi connectivity index (χ4v) is 3.90. The zero-order valence-corrected chi connectivity index (χ0v) is 11.0. The molecular weight excluding hydrogens is 220 g/mol. The first-order chi connectivity index (χ1) is 8.76. The van der Waals surface area contributed by atoms with E-state index in [-0.39, 0.29) is 0 Å². The molecule has 3 rings (SSSR count). The molecule has 1 aromatic rings. The van der Waals surface area contributed by atoms with Gasteiger partial charge < -0.3 is 11.1 Å². The summed E-state index contributed by atoms with van der Waals surface area (Å²) in [4.78, 5) is 0. The average Bonchev–Trinajstić information content (AvgIpc) is 2.85. The number of nitrogens with one attached hydrogen (secondary N) is 1. The van der Waals surface area contributed by atoms with Gasteiger partial charge in [-0.1, -0.05) is 31.2 Å². The van der Waals surface area contributed by atoms with Crippen LogP contribution < -0.4 is 11.1 Å². The lowest BCUT2D eigenvalue weighted by Gasteiger charge is -2.18. The van der Waals surface area contributed by atoms with E-state index in [1.54, 1.807) is 0 Å². The molecule has 4 atom stereocenters. The molecule has 0 saturated heterocycles. The zero-order valence-electron chi connectivity index (χ0n) is 11.0. The third-order valence-corrected chi connectivity index (χ3v) is 4.69. The SMILES string of the molecule is C=CC1C2c3cccc(CCN)c3NC2C[C@H]1C. The van der Waals surface area contributed by atoms with Gasteiger partial charge in [-0.05, 0) is 42.3 Å². The molecule has 0 spiro atoms. The number of anilines is 1. The Morgan fingerprint density at radius 1 is 1.50 bits per heavy atom. The molecule has 2 aliphatic rings. The second-order valence-electron chi connectivity index (χ2n) is 5.72. The van der Waals surface area contributed by atoms with Gasteiger partial charge in [0.1, 0.15) is 0 Å². The van der Waals surface area contributed by atoms with Crippen molar-refractivity contribution in [3.05, 3.63) is 42.0 Å². The molecule has 3 N–H and O–H groups in total. The molecule has 0 bridgehead atoms. The molecule has 2 nitrogen and oxygen atoms in total. The molecule has 96 valence electrons. The maximum Gasteiger partial charge on any atom is 0.0411 e. The van der Waals surface area contributed by atoms with Crippen LogP contribution in [0.5, 0.6) is 0 Å². The van der Waals surface area contributed by atoms with Crippen molar-refractivity contribution in [3.63, 3.8) is 0 Å². The molecule has 1 saturated carbocycles. The van der Waals surface area contributed by atoms with E-state index in [4.69, 9.17) is 5.73 Å². The van der Waals surface area contributed by atoms with Gasteiger partial charge in [-0.3, -0.25) is 0 Å². The predicted molar refractivity (Wildman–Crippen MR) is 76.8 cm³/mol. The van der Waals surface area contributed by atoms with E-state index in [9.17, 15) is 0 Å². The fourth-order valence-electron chi connectivity index (χ4n) is 3.90. The first kappa shape index (κ1) is 11.8. The lowest BCUT2D eigenvalue weighted by molar-refractivity contribution is 0.474. The monoisotopic (exact) mass is 242 g/mol. The summed E-state index contributed by atoms with van der Waals surface area (Å²) in [6, 6.07) is 7.25. The molecule has 3 unspecified atom stereocenters. The van der Waals surface area contributed by atoms with Crippen molar-refractivity contribution in [2.75, 3.05) is 11.9 Å². The quantitative estimate of drug-likeness (QED) is 0.800. The Balaban J connectivity index is 2.01. The normalized spacial score (nSPS) is 32.8. The minimum Gasteiger partial charge on any atom is -0.381 e. The lowest BCUT2D eigenvalue weighted by atomic mass is 9.85. The Morgan fingerprint density at radius 2 is 2.33 bits per heavy atom. The van der Waals surface area contributed by atoms with Crippen molar-refractivity contribution in [1.29, 1.82) is 0 Å². The highest BCUT2D eigenvalue weighted by Gasteiger charge is 2.45. The molecule has 1 aliphatic heterocycles. The predicted octanol–water partition coefficient (Wildman–Crippen LogP) is 2.91. The van der Waals surface area contributed by atoms with E-state index < -0.39 is 0 Å². The van der Waals surface area contributed by atoms with Crippen molar-refractivity contribution in [3.8, 4) is 0 Å². The minimum absolute atomic E-state index is 0.594. The van der Waals surface area contributed by atoms with Crippen LogP contribution in [0.25, 0.3) is 0 Å². The van der Waals surface area contributed by atoms with Crippen LogP contribution in [0.3, 0.4) is 0 Å². The Kier molecular flexibility index (Phi) is 2.90. The number of rotatable bonds is 3. The topological polar surface area (TPSA) is 38.0 Å². The van der Waals surface area contributed by atoms with Gasteiger partial charge in [0.15, 0.2) is 0 Å². The third-order valence-electron chi connectivity index (χ3n) is 4.69. The van der Waals surface area contributed by atoms with E-state index in [1.165, 1.54) is 23.2 Å². The van der Waals surface area contributed by atoms with E-state index in [1.807, 2.05) is 0 Å². The largest absolute Gasteiger partial charge is 0.381 e. The van der Waals surface area contributed by atoms with Gasteiger partial charge in [0.2, 0.25) is 0 Å². The minimum atomic E-state index is 0.594. The van der Waals surface area contributed by atoms with Crippen LogP contribution >= 0.6 is 0 Å². The summed E-state index contributed by atoms with van der Waals surface area (Å²) < 4.78 is 0. The summed E-state index contributed by atoms with van der Waals surface area (Å²) in [5.41, 5.74) is 9.92. The molecule has 0 aromatic heterocycles. The highest BCUT2D eigenvalue weighted by molar-refractivity contribution is 5.65. The highest BCUT2D eigenvalue weighted by atomic mass is 15.0. The zero-order chi connectivity index (χ0) is 12.7. The summed E-state index contributed by atoms with van der Waals surface area (Å²) >= 11 is 0. The van der Waals surface area contributed by atoms with Gasteiger partial charge >= 0.3 is 0 Å². The van der Waals surface area contributed by atoms with Gasteiger partial charge in [-0.25, -0.2) is 0 Å². The molecule has 1 heterocycles. The Bertz CT molecular complexity index is 466. The number of allylic oxidation sites excluding steroid dienone is 1. The van der Waals surface area contributed by atoms with Crippen LogP contribution in [0.15, 0.2) is 30.9 Å². The number of hydrogen-bond donors (Lipinski definition) is 2. The van der Waals surface area contributed by atoms with E-state index in [0.717, 1.165) is 18.9 Å². The summed E-state index contributed by atoms with van der Waals surface area (Å²) in [5, 5.41) is 3.74. The summed E-state index contributed by atoms with van der Waals surface area (Å²) in [6.45, 7) is 7.10. The molecule has 1 aliphatic carbocycles. The summed E-state index contributed by atoms with van der Waals surface area (Å²) in [7, 11) is 0. The first-order valence-corrected chi connectivity index (χ1v) is 6.97. The van der Waals surface area contributed by atoms with Crippen molar-refractivity contribution in [1.82, 2.24) is 0 Å². The molecule has 0 radical (unpaired) electrons. The molecular formula is C16H22N2. The Morgan fingerprint density at radius 3 is 3.06 bits per heavy atom. The lowest BCUT2D eigenvalue weighted by Crippen LogP contribution is -2.16. The Hall–Kier alpha value is -1.28. The standard InChI is InChI=1S/C16H22N2/c1-3-12-10(2)9-14-15(12)13-6-4-5-11(7-8-17)16(13)18-14/h3-6,10,12,14-15,18H,1,7-9,17H2,2H3/t10-,12?,14?,15?/m1/s1. The molecule has 2 heteroatoms. The van der Waals surface area contributed by atoms with Gasteiger partial charge in [-0.2, -0.15) is 0 Å². The molecule has 1 fully saturated rings. The van der Waals surface area contributed by atoms with Gasteiger partial charge in [0.05, 0.1) is 0 Å². The number of nitrogens with two attached hydrogens (primary N) is 1. The van der Waals surface area contributed by atoms with Crippen molar-refractivity contribution in [2.45, 2.75) is 31.7 Å². The van der Waals surface area contributed by atoms with E-state index in [2.05, 4.69) is 43.1 Å². The third kappa shape index (κ3) is 1.59. The second-order valence-corrected chi connectivity index (χ2v) is 5.72. The number of hydrogen-bond acceptors (Lipinski definition) is 2. The smallest absolute Gasteiger partial charge is 0.0411 e. The average molecular weight is 242 g/mol. The number of para-hydroxylation sites is 1. The molecule has 18 heavy (non-hydrogen) atoms. The van der Waals surface area contributed by atoms with Crippen LogP contribution in [-0.4, -0.2) is 12.6 Å². The van der Waals surface area contributed by atoms with Crippen molar-refractivity contribution in [2.24, 2.45) is 17.6 Å². The van der Waals surface area contributed by atoms with E-state index >= 15 is 0 Å². The number of benzene rings is 1. The van der Waals surface area contributed by atoms with Crippen LogP contribution in [0, 0.1) is 11.8 Å².